The van der Waals surface area contributed by atoms with Gasteiger partial charge in [-0.2, -0.15) is 4.31 Å². The third-order valence-corrected chi connectivity index (χ3v) is 8.11. The Morgan fingerprint density at radius 1 is 1.00 bits per heavy atom. The van der Waals surface area contributed by atoms with E-state index in [-0.39, 0.29) is 11.8 Å². The van der Waals surface area contributed by atoms with Gasteiger partial charge in [0.25, 0.3) is 0 Å². The van der Waals surface area contributed by atoms with Gasteiger partial charge in [0.1, 0.15) is 0 Å². The fraction of sp³-hybridized carbons (Fsp3) is 0.650. The van der Waals surface area contributed by atoms with Crippen molar-refractivity contribution < 1.29 is 13.2 Å². The average Bonchev–Trinajstić information content (AvgIpc) is 3.00. The highest BCUT2D eigenvalue weighted by atomic mass is 32.2. The topological polar surface area (TPSA) is 69.7 Å². The van der Waals surface area contributed by atoms with E-state index in [1.54, 1.807) is 12.1 Å². The minimum atomic E-state index is -3.54. The van der Waals surface area contributed by atoms with Gasteiger partial charge in [-0.1, -0.05) is 17.7 Å². The first-order chi connectivity index (χ1) is 12.9. The Balaban J connectivity index is 1.46. The number of hydrogen-bond acceptors (Lipinski definition) is 4. The number of rotatable bonds is 3. The Morgan fingerprint density at radius 3 is 2.52 bits per heavy atom. The number of fused-ring (bicyclic) bond motifs is 2. The molecule has 1 aromatic rings. The number of piperidine rings is 1. The number of likely N-dealkylation sites (tertiary alicyclic amines) is 1. The number of amides is 1. The van der Waals surface area contributed by atoms with Crippen molar-refractivity contribution in [3.05, 3.63) is 29.8 Å². The first-order valence-electron chi connectivity index (χ1n) is 10.0. The molecule has 0 radical (unpaired) electrons. The quantitative estimate of drug-likeness (QED) is 0.852. The van der Waals surface area contributed by atoms with Crippen LogP contribution in [0.4, 0.5) is 0 Å². The van der Waals surface area contributed by atoms with Crippen molar-refractivity contribution in [2.24, 2.45) is 5.92 Å². The standard InChI is InChI=1S/C20H29N3O3S/c1-15-4-8-19(9-5-15)27(25,26)23-11-2-3-16(13-23)20(24)22-12-10-17-6-7-18(14-22)21-17/h4-5,8-9,16-18,21H,2-3,6-7,10-14H2,1H3. The second kappa shape index (κ2) is 7.53. The minimum Gasteiger partial charge on any atom is -0.341 e. The zero-order valence-electron chi connectivity index (χ0n) is 15.9. The van der Waals surface area contributed by atoms with Crippen LogP contribution in [0.3, 0.4) is 0 Å². The van der Waals surface area contributed by atoms with Crippen LogP contribution in [-0.4, -0.2) is 61.8 Å². The van der Waals surface area contributed by atoms with Crippen LogP contribution in [0, 0.1) is 12.8 Å². The van der Waals surface area contributed by atoms with E-state index < -0.39 is 10.0 Å². The molecule has 7 heteroatoms. The molecule has 3 aliphatic heterocycles. The molecule has 2 bridgehead atoms. The molecule has 6 nitrogen and oxygen atoms in total. The highest BCUT2D eigenvalue weighted by molar-refractivity contribution is 7.89. The summed E-state index contributed by atoms with van der Waals surface area (Å²) in [6.07, 6.45) is 4.85. The molecule has 3 heterocycles. The number of nitrogens with zero attached hydrogens (tertiary/aromatic N) is 2. The van der Waals surface area contributed by atoms with E-state index in [4.69, 9.17) is 0 Å². The van der Waals surface area contributed by atoms with Gasteiger partial charge in [-0.3, -0.25) is 4.79 Å². The lowest BCUT2D eigenvalue weighted by atomic mass is 9.97. The number of benzene rings is 1. The van der Waals surface area contributed by atoms with Crippen molar-refractivity contribution in [1.82, 2.24) is 14.5 Å². The van der Waals surface area contributed by atoms with Crippen LogP contribution in [0.25, 0.3) is 0 Å². The summed E-state index contributed by atoms with van der Waals surface area (Å²) in [4.78, 5) is 15.4. The number of aryl methyl sites for hydroxylation is 1. The second-order valence-electron chi connectivity index (χ2n) is 8.23. The summed E-state index contributed by atoms with van der Waals surface area (Å²) in [5.74, 6) is -0.0937. The normalized spacial score (nSPS) is 29.5. The van der Waals surface area contributed by atoms with E-state index in [2.05, 4.69) is 5.32 Å². The van der Waals surface area contributed by atoms with Crippen molar-refractivity contribution >= 4 is 15.9 Å². The van der Waals surface area contributed by atoms with Crippen molar-refractivity contribution in [3.8, 4) is 0 Å². The molecule has 3 atom stereocenters. The van der Waals surface area contributed by atoms with E-state index in [0.717, 1.165) is 44.3 Å². The van der Waals surface area contributed by atoms with Crippen molar-refractivity contribution in [2.75, 3.05) is 26.2 Å². The molecule has 0 saturated carbocycles. The molecule has 1 N–H and O–H groups in total. The van der Waals surface area contributed by atoms with Crippen LogP contribution in [0.5, 0.6) is 0 Å². The largest absolute Gasteiger partial charge is 0.341 e. The van der Waals surface area contributed by atoms with Crippen LogP contribution >= 0.6 is 0 Å². The van der Waals surface area contributed by atoms with Gasteiger partial charge >= 0.3 is 0 Å². The van der Waals surface area contributed by atoms with Crippen LogP contribution in [-0.2, 0) is 14.8 Å². The van der Waals surface area contributed by atoms with E-state index in [1.165, 1.54) is 10.7 Å². The van der Waals surface area contributed by atoms with Gasteiger partial charge in [0.05, 0.1) is 10.8 Å². The molecule has 3 fully saturated rings. The summed E-state index contributed by atoms with van der Waals surface area (Å²) < 4.78 is 27.5. The summed E-state index contributed by atoms with van der Waals surface area (Å²) >= 11 is 0. The Bertz CT molecular complexity index is 793. The highest BCUT2D eigenvalue weighted by Gasteiger charge is 2.37. The Labute approximate surface area is 162 Å². The van der Waals surface area contributed by atoms with E-state index in [9.17, 15) is 13.2 Å². The molecule has 1 amide bonds. The van der Waals surface area contributed by atoms with Crippen LogP contribution in [0.1, 0.15) is 37.7 Å². The van der Waals surface area contributed by atoms with E-state index >= 15 is 0 Å². The van der Waals surface area contributed by atoms with Gasteiger partial charge in [0.15, 0.2) is 0 Å². The van der Waals surface area contributed by atoms with Crippen molar-refractivity contribution in [2.45, 2.75) is 56.0 Å². The van der Waals surface area contributed by atoms with Crippen LogP contribution in [0.15, 0.2) is 29.2 Å². The van der Waals surface area contributed by atoms with Gasteiger partial charge in [-0.05, 0) is 51.2 Å². The Morgan fingerprint density at radius 2 is 1.74 bits per heavy atom. The Hall–Kier alpha value is -1.44. The van der Waals surface area contributed by atoms with Crippen LogP contribution in [0.2, 0.25) is 0 Å². The van der Waals surface area contributed by atoms with Gasteiger partial charge in [0, 0.05) is 38.3 Å². The number of sulfonamides is 1. The Kier molecular flexibility index (Phi) is 5.27. The predicted molar refractivity (Wildman–Crippen MR) is 104 cm³/mol. The van der Waals surface area contributed by atoms with Crippen LogP contribution < -0.4 is 5.32 Å². The van der Waals surface area contributed by atoms with Gasteiger partial charge < -0.3 is 10.2 Å². The maximum atomic E-state index is 13.1. The highest BCUT2D eigenvalue weighted by Crippen LogP contribution is 2.27. The number of carbonyl (C=O) groups excluding carboxylic acids is 1. The zero-order chi connectivity index (χ0) is 19.0. The first kappa shape index (κ1) is 18.9. The lowest BCUT2D eigenvalue weighted by Gasteiger charge is -2.35. The van der Waals surface area contributed by atoms with Gasteiger partial charge in [0.2, 0.25) is 15.9 Å². The molecule has 0 aliphatic carbocycles. The maximum Gasteiger partial charge on any atom is 0.243 e. The summed E-state index contributed by atoms with van der Waals surface area (Å²) in [6.45, 7) is 4.28. The predicted octanol–water partition coefficient (Wildman–Crippen LogP) is 1.75. The molecule has 0 aromatic heterocycles. The smallest absolute Gasteiger partial charge is 0.243 e. The molecule has 3 saturated heterocycles. The van der Waals surface area contributed by atoms with Gasteiger partial charge in [-0.25, -0.2) is 8.42 Å². The maximum absolute atomic E-state index is 13.1. The third kappa shape index (κ3) is 3.91. The molecule has 0 spiro atoms. The lowest BCUT2D eigenvalue weighted by molar-refractivity contribution is -0.136. The average molecular weight is 392 g/mol. The fourth-order valence-corrected chi connectivity index (χ4v) is 6.15. The molecular weight excluding hydrogens is 362 g/mol. The zero-order valence-corrected chi connectivity index (χ0v) is 16.7. The third-order valence-electron chi connectivity index (χ3n) is 6.23. The molecule has 3 unspecified atom stereocenters. The van der Waals surface area contributed by atoms with Crippen molar-refractivity contribution in [3.63, 3.8) is 0 Å². The summed E-state index contributed by atoms with van der Waals surface area (Å²) in [6, 6.07) is 7.90. The fourth-order valence-electron chi connectivity index (χ4n) is 4.62. The number of nitrogens with one attached hydrogen (secondary N) is 1. The number of hydrogen-bond donors (Lipinski definition) is 1. The summed E-state index contributed by atoms with van der Waals surface area (Å²) in [5, 5.41) is 3.60. The first-order valence-corrected chi connectivity index (χ1v) is 11.5. The minimum absolute atomic E-state index is 0.133. The molecule has 3 aliphatic rings. The molecule has 4 rings (SSSR count). The number of carbonyl (C=O) groups is 1. The lowest BCUT2D eigenvalue weighted by Crippen LogP contribution is -2.48. The van der Waals surface area contributed by atoms with E-state index in [0.29, 0.717) is 30.1 Å². The monoisotopic (exact) mass is 391 g/mol. The molecule has 1 aromatic carbocycles. The molecule has 27 heavy (non-hydrogen) atoms. The summed E-state index contributed by atoms with van der Waals surface area (Å²) in [7, 11) is -3.54. The SMILES string of the molecule is Cc1ccc(S(=O)(=O)N2CCCC(C(=O)N3CCC4CCC(C3)N4)C2)cc1. The second-order valence-corrected chi connectivity index (χ2v) is 10.2. The van der Waals surface area contributed by atoms with Gasteiger partial charge in [-0.15, -0.1) is 0 Å². The summed E-state index contributed by atoms with van der Waals surface area (Å²) in [5.41, 5.74) is 1.03. The van der Waals surface area contributed by atoms with Crippen molar-refractivity contribution in [1.29, 1.82) is 0 Å². The molecule has 148 valence electrons. The van der Waals surface area contributed by atoms with E-state index in [1.807, 2.05) is 24.0 Å². The molecular formula is C20H29N3O3S.